The van der Waals surface area contributed by atoms with Crippen LogP contribution in [0.15, 0.2) is 21.7 Å². The van der Waals surface area contributed by atoms with Crippen LogP contribution in [0.1, 0.15) is 6.42 Å². The summed E-state index contributed by atoms with van der Waals surface area (Å²) in [6.07, 6.45) is 0.751. The van der Waals surface area contributed by atoms with Gasteiger partial charge in [-0.3, -0.25) is 0 Å². The lowest BCUT2D eigenvalue weighted by Crippen LogP contribution is -2.28. The van der Waals surface area contributed by atoms with Gasteiger partial charge < -0.3 is 5.11 Å². The van der Waals surface area contributed by atoms with Crippen LogP contribution in [-0.2, 0) is 10.0 Å². The van der Waals surface area contributed by atoms with Gasteiger partial charge in [-0.2, -0.15) is 4.31 Å². The lowest BCUT2D eigenvalue weighted by atomic mass is 10.1. The van der Waals surface area contributed by atoms with E-state index in [4.69, 9.17) is 5.11 Å². The number of nitrogens with zero attached hydrogens (tertiary/aromatic N) is 1. The summed E-state index contributed by atoms with van der Waals surface area (Å²) in [5.74, 6) is 0.0970. The lowest BCUT2D eigenvalue weighted by Gasteiger charge is -2.14. The van der Waals surface area contributed by atoms with Crippen LogP contribution in [0.4, 0.5) is 0 Å². The molecule has 15 heavy (non-hydrogen) atoms. The SMILES string of the molecule is O=S(=O)(c1cccs1)N1CC[C@@H](CO)C1. The highest BCUT2D eigenvalue weighted by Crippen LogP contribution is 2.26. The maximum atomic E-state index is 12.0. The number of thiophene rings is 1. The minimum absolute atomic E-state index is 0.0659. The van der Waals surface area contributed by atoms with Crippen LogP contribution in [0.25, 0.3) is 0 Å². The van der Waals surface area contributed by atoms with E-state index < -0.39 is 10.0 Å². The summed E-state index contributed by atoms with van der Waals surface area (Å²) in [6, 6.07) is 3.35. The van der Waals surface area contributed by atoms with Gasteiger partial charge in [0.25, 0.3) is 10.0 Å². The van der Waals surface area contributed by atoms with E-state index in [2.05, 4.69) is 0 Å². The molecule has 6 heteroatoms. The van der Waals surface area contributed by atoms with Gasteiger partial charge in [0, 0.05) is 19.7 Å². The molecule has 0 aromatic carbocycles. The van der Waals surface area contributed by atoms with E-state index in [-0.39, 0.29) is 12.5 Å². The molecule has 0 radical (unpaired) electrons. The second-order valence-electron chi connectivity index (χ2n) is 3.63. The molecule has 0 saturated carbocycles. The zero-order valence-electron chi connectivity index (χ0n) is 8.17. The first-order valence-electron chi connectivity index (χ1n) is 4.79. The van der Waals surface area contributed by atoms with Crippen molar-refractivity contribution in [1.29, 1.82) is 0 Å². The summed E-state index contributed by atoms with van der Waals surface area (Å²) in [7, 11) is -3.30. The Morgan fingerprint density at radius 2 is 2.40 bits per heavy atom. The van der Waals surface area contributed by atoms with Crippen LogP contribution in [0.5, 0.6) is 0 Å². The van der Waals surface area contributed by atoms with E-state index >= 15 is 0 Å². The molecule has 2 rings (SSSR count). The average Bonchev–Trinajstić information content (AvgIpc) is 2.89. The van der Waals surface area contributed by atoms with Gasteiger partial charge in [0.15, 0.2) is 0 Å². The predicted molar refractivity (Wildman–Crippen MR) is 58.3 cm³/mol. The topological polar surface area (TPSA) is 57.6 Å². The summed E-state index contributed by atoms with van der Waals surface area (Å²) in [4.78, 5) is 0. The molecule has 1 saturated heterocycles. The number of hydrogen-bond acceptors (Lipinski definition) is 4. The zero-order chi connectivity index (χ0) is 10.9. The second-order valence-corrected chi connectivity index (χ2v) is 6.74. The quantitative estimate of drug-likeness (QED) is 0.857. The van der Waals surface area contributed by atoms with E-state index in [0.717, 1.165) is 6.42 Å². The van der Waals surface area contributed by atoms with Crippen molar-refractivity contribution in [3.63, 3.8) is 0 Å². The summed E-state index contributed by atoms with van der Waals surface area (Å²) in [6.45, 7) is 1.03. The standard InChI is InChI=1S/C9H13NO3S2/c11-7-8-3-4-10(6-8)15(12,13)9-2-1-5-14-9/h1-2,5,8,11H,3-4,6-7H2/t8-/m1/s1. The van der Waals surface area contributed by atoms with Crippen molar-refractivity contribution < 1.29 is 13.5 Å². The Balaban J connectivity index is 2.18. The molecular formula is C9H13NO3S2. The molecule has 1 fully saturated rings. The monoisotopic (exact) mass is 247 g/mol. The number of rotatable bonds is 3. The normalized spacial score (nSPS) is 23.4. The average molecular weight is 247 g/mol. The van der Waals surface area contributed by atoms with Gasteiger partial charge >= 0.3 is 0 Å². The highest BCUT2D eigenvalue weighted by atomic mass is 32.2. The van der Waals surface area contributed by atoms with Gasteiger partial charge in [0.2, 0.25) is 0 Å². The third kappa shape index (κ3) is 2.08. The Morgan fingerprint density at radius 1 is 1.60 bits per heavy atom. The molecule has 4 nitrogen and oxygen atoms in total. The van der Waals surface area contributed by atoms with E-state index in [1.54, 1.807) is 17.5 Å². The molecule has 1 aliphatic rings. The molecule has 2 heterocycles. The molecule has 1 aromatic heterocycles. The Morgan fingerprint density at radius 3 is 2.93 bits per heavy atom. The Hall–Kier alpha value is -0.430. The first-order valence-corrected chi connectivity index (χ1v) is 7.11. The molecule has 0 spiro atoms. The van der Waals surface area contributed by atoms with Crippen LogP contribution < -0.4 is 0 Å². The molecular weight excluding hydrogens is 234 g/mol. The summed E-state index contributed by atoms with van der Waals surface area (Å²) in [5.41, 5.74) is 0. The molecule has 1 N–H and O–H groups in total. The highest BCUT2D eigenvalue weighted by Gasteiger charge is 2.32. The third-order valence-corrected chi connectivity index (χ3v) is 5.83. The van der Waals surface area contributed by atoms with E-state index in [0.29, 0.717) is 17.3 Å². The maximum absolute atomic E-state index is 12.0. The Labute approximate surface area is 93.2 Å². The smallest absolute Gasteiger partial charge is 0.252 e. The Bertz CT molecular complexity index is 413. The van der Waals surface area contributed by atoms with Gasteiger partial charge in [0.05, 0.1) is 0 Å². The van der Waals surface area contributed by atoms with Gasteiger partial charge in [-0.25, -0.2) is 8.42 Å². The fourth-order valence-electron chi connectivity index (χ4n) is 1.70. The molecule has 0 aliphatic carbocycles. The first-order chi connectivity index (χ1) is 7.14. The predicted octanol–water partition coefficient (Wildman–Crippen LogP) is 0.751. The summed E-state index contributed by atoms with van der Waals surface area (Å²) in [5, 5.41) is 10.7. The minimum Gasteiger partial charge on any atom is -0.396 e. The molecule has 0 unspecified atom stereocenters. The van der Waals surface area contributed by atoms with Crippen LogP contribution in [0.3, 0.4) is 0 Å². The third-order valence-electron chi connectivity index (χ3n) is 2.60. The van der Waals surface area contributed by atoms with Crippen molar-refractivity contribution in [3.05, 3.63) is 17.5 Å². The van der Waals surface area contributed by atoms with E-state index in [1.807, 2.05) is 0 Å². The van der Waals surface area contributed by atoms with Crippen molar-refractivity contribution >= 4 is 21.4 Å². The Kier molecular flexibility index (Phi) is 3.11. The molecule has 1 aliphatic heterocycles. The van der Waals surface area contributed by atoms with Gasteiger partial charge in [-0.1, -0.05) is 6.07 Å². The van der Waals surface area contributed by atoms with Crippen molar-refractivity contribution in [2.75, 3.05) is 19.7 Å². The van der Waals surface area contributed by atoms with Crippen LogP contribution in [0.2, 0.25) is 0 Å². The zero-order valence-corrected chi connectivity index (χ0v) is 9.80. The highest BCUT2D eigenvalue weighted by molar-refractivity contribution is 7.91. The molecule has 1 aromatic rings. The van der Waals surface area contributed by atoms with Crippen molar-refractivity contribution in [3.8, 4) is 0 Å². The maximum Gasteiger partial charge on any atom is 0.252 e. The number of aliphatic hydroxyl groups is 1. The largest absolute Gasteiger partial charge is 0.396 e. The first kappa shape index (κ1) is 11.1. The number of hydrogen-bond donors (Lipinski definition) is 1. The fourth-order valence-corrected chi connectivity index (χ4v) is 4.38. The van der Waals surface area contributed by atoms with Crippen LogP contribution in [-0.4, -0.2) is 37.5 Å². The van der Waals surface area contributed by atoms with Gasteiger partial charge in [-0.15, -0.1) is 11.3 Å². The van der Waals surface area contributed by atoms with Crippen molar-refractivity contribution in [2.45, 2.75) is 10.6 Å². The minimum atomic E-state index is -3.30. The molecule has 1 atom stereocenters. The van der Waals surface area contributed by atoms with E-state index in [1.165, 1.54) is 15.6 Å². The molecule has 84 valence electrons. The summed E-state index contributed by atoms with van der Waals surface area (Å²) >= 11 is 1.23. The van der Waals surface area contributed by atoms with E-state index in [9.17, 15) is 8.42 Å². The van der Waals surface area contributed by atoms with Crippen LogP contribution >= 0.6 is 11.3 Å². The molecule has 0 bridgehead atoms. The fraction of sp³-hybridized carbons (Fsp3) is 0.556. The lowest BCUT2D eigenvalue weighted by molar-refractivity contribution is 0.233. The van der Waals surface area contributed by atoms with Crippen LogP contribution in [0, 0.1) is 5.92 Å². The van der Waals surface area contributed by atoms with Crippen molar-refractivity contribution in [2.24, 2.45) is 5.92 Å². The summed E-state index contributed by atoms with van der Waals surface area (Å²) < 4.78 is 25.9. The van der Waals surface area contributed by atoms with Gasteiger partial charge in [0.1, 0.15) is 4.21 Å². The second kappa shape index (κ2) is 4.21. The number of sulfonamides is 1. The molecule has 0 amide bonds. The van der Waals surface area contributed by atoms with Gasteiger partial charge in [-0.05, 0) is 23.8 Å². The van der Waals surface area contributed by atoms with Crippen molar-refractivity contribution in [1.82, 2.24) is 4.31 Å². The number of aliphatic hydroxyl groups excluding tert-OH is 1.